The van der Waals surface area contributed by atoms with Gasteiger partial charge in [-0.25, -0.2) is 0 Å². The molecule has 1 aromatic rings. The van der Waals surface area contributed by atoms with E-state index >= 15 is 0 Å². The van der Waals surface area contributed by atoms with Crippen molar-refractivity contribution in [1.82, 2.24) is 4.90 Å². The molecule has 1 amide bonds. The van der Waals surface area contributed by atoms with E-state index in [0.29, 0.717) is 5.91 Å². The molecule has 3 rings (SSSR count). The molecule has 2 atom stereocenters. The predicted octanol–water partition coefficient (Wildman–Crippen LogP) is 1.42. The fraction of sp³-hybridized carbons (Fsp3) is 0.417. The number of likely N-dealkylation sites (N-methyl/N-ethyl adjacent to an activating group) is 1. The molecule has 1 aromatic carbocycles. The molecule has 2 fully saturated rings. The first kappa shape index (κ1) is 8.04. The molecule has 0 radical (unpaired) electrons. The third kappa shape index (κ3) is 0.834. The lowest BCUT2D eigenvalue weighted by Crippen LogP contribution is -2.25. The molecule has 1 saturated carbocycles. The summed E-state index contributed by atoms with van der Waals surface area (Å²) in [5.74, 6) is 0.601. The predicted molar refractivity (Wildman–Crippen MR) is 53.9 cm³/mol. The number of rotatable bonds is 1. The third-order valence-electron chi connectivity index (χ3n) is 3.62. The van der Waals surface area contributed by atoms with Crippen molar-refractivity contribution in [3.8, 4) is 0 Å². The van der Waals surface area contributed by atoms with Crippen LogP contribution in [-0.2, 0) is 10.2 Å². The van der Waals surface area contributed by atoms with Gasteiger partial charge in [-0.15, -0.1) is 0 Å². The minimum absolute atomic E-state index is 0.174. The Bertz CT molecular complexity index is 387. The normalized spacial score (nSPS) is 34.5. The first-order valence-electron chi connectivity index (χ1n) is 5.04. The summed E-state index contributed by atoms with van der Waals surface area (Å²) in [6.07, 6.45) is 1.06. The molecular weight excluding hydrogens is 174 g/mol. The number of hydrogen-bond donors (Lipinski definition) is 0. The number of hydrogen-bond acceptors (Lipinski definition) is 1. The molecule has 2 nitrogen and oxygen atoms in total. The number of likely N-dealkylation sites (tertiary alicyclic amines) is 1. The lowest BCUT2D eigenvalue weighted by molar-refractivity contribution is -0.128. The van der Waals surface area contributed by atoms with Crippen LogP contribution in [0.4, 0.5) is 0 Å². The smallest absolute Gasteiger partial charge is 0.226 e. The van der Waals surface area contributed by atoms with Crippen LogP contribution in [0.3, 0.4) is 0 Å². The molecule has 0 spiro atoms. The third-order valence-corrected chi connectivity index (χ3v) is 3.62. The van der Waals surface area contributed by atoms with Crippen molar-refractivity contribution >= 4 is 5.91 Å². The van der Waals surface area contributed by atoms with Crippen LogP contribution in [0.25, 0.3) is 0 Å². The number of piperidine rings is 1. The van der Waals surface area contributed by atoms with Gasteiger partial charge in [0.15, 0.2) is 0 Å². The van der Waals surface area contributed by atoms with Gasteiger partial charge >= 0.3 is 0 Å². The van der Waals surface area contributed by atoms with Crippen molar-refractivity contribution in [2.45, 2.75) is 11.8 Å². The van der Waals surface area contributed by atoms with Gasteiger partial charge in [0, 0.05) is 19.0 Å². The summed E-state index contributed by atoms with van der Waals surface area (Å²) in [6.45, 7) is 0.903. The Balaban J connectivity index is 1.99. The van der Waals surface area contributed by atoms with E-state index in [1.807, 2.05) is 18.0 Å². The van der Waals surface area contributed by atoms with Gasteiger partial charge in [-0.2, -0.15) is 0 Å². The summed E-state index contributed by atoms with van der Waals surface area (Å²) in [6, 6.07) is 10.4. The largest absolute Gasteiger partial charge is 0.345 e. The molecule has 1 saturated heterocycles. The van der Waals surface area contributed by atoms with Crippen LogP contribution < -0.4 is 0 Å². The number of carbonyl (C=O) groups excluding carboxylic acids is 1. The van der Waals surface area contributed by atoms with Gasteiger partial charge in [0.1, 0.15) is 0 Å². The second-order valence-electron chi connectivity index (χ2n) is 4.47. The van der Waals surface area contributed by atoms with Crippen molar-refractivity contribution in [3.05, 3.63) is 35.9 Å². The van der Waals surface area contributed by atoms with Gasteiger partial charge in [-0.1, -0.05) is 30.3 Å². The summed E-state index contributed by atoms with van der Waals surface area (Å²) in [5, 5.41) is 0. The van der Waals surface area contributed by atoms with E-state index in [0.717, 1.165) is 13.0 Å². The van der Waals surface area contributed by atoms with E-state index in [-0.39, 0.29) is 11.3 Å². The molecule has 14 heavy (non-hydrogen) atoms. The monoisotopic (exact) mass is 187 g/mol. The fourth-order valence-electron chi connectivity index (χ4n) is 2.75. The maximum Gasteiger partial charge on any atom is 0.226 e. The van der Waals surface area contributed by atoms with Gasteiger partial charge in [0.05, 0.1) is 5.92 Å². The fourth-order valence-corrected chi connectivity index (χ4v) is 2.75. The Morgan fingerprint density at radius 2 is 2.07 bits per heavy atom. The van der Waals surface area contributed by atoms with E-state index in [1.54, 1.807) is 0 Å². The zero-order valence-corrected chi connectivity index (χ0v) is 8.23. The van der Waals surface area contributed by atoms with E-state index in [9.17, 15) is 4.79 Å². The van der Waals surface area contributed by atoms with Crippen molar-refractivity contribution < 1.29 is 4.79 Å². The molecule has 72 valence electrons. The number of amides is 1. The SMILES string of the molecule is CN1C[C@@]2(c3ccccc3)C[C@@H]2C1=O. The first-order valence-corrected chi connectivity index (χ1v) is 5.04. The Kier molecular flexibility index (Phi) is 1.37. The molecule has 0 unspecified atom stereocenters. The number of carbonyl (C=O) groups is 1. The maximum atomic E-state index is 11.7. The molecule has 1 aliphatic carbocycles. The van der Waals surface area contributed by atoms with Crippen molar-refractivity contribution in [1.29, 1.82) is 0 Å². The quantitative estimate of drug-likeness (QED) is 0.651. The summed E-state index contributed by atoms with van der Waals surface area (Å²) < 4.78 is 0. The number of benzene rings is 1. The zero-order chi connectivity index (χ0) is 9.76. The van der Waals surface area contributed by atoms with Crippen LogP contribution in [0.2, 0.25) is 0 Å². The topological polar surface area (TPSA) is 20.3 Å². The second kappa shape index (κ2) is 2.38. The van der Waals surface area contributed by atoms with Crippen LogP contribution >= 0.6 is 0 Å². The van der Waals surface area contributed by atoms with E-state index < -0.39 is 0 Å². The standard InChI is InChI=1S/C12H13NO/c1-13-8-12(7-10(12)11(13)14)9-5-3-2-4-6-9/h2-6,10H,7-8H2,1H3/t10-,12-/m1/s1. The molecule has 0 N–H and O–H groups in total. The Hall–Kier alpha value is -1.31. The van der Waals surface area contributed by atoms with Crippen LogP contribution in [-0.4, -0.2) is 24.4 Å². The van der Waals surface area contributed by atoms with Crippen molar-refractivity contribution in [3.63, 3.8) is 0 Å². The Morgan fingerprint density at radius 1 is 1.36 bits per heavy atom. The van der Waals surface area contributed by atoms with Crippen LogP contribution in [0, 0.1) is 5.92 Å². The average Bonchev–Trinajstić information content (AvgIpc) is 2.88. The summed E-state index contributed by atoms with van der Waals surface area (Å²) >= 11 is 0. The van der Waals surface area contributed by atoms with Gasteiger partial charge < -0.3 is 4.90 Å². The van der Waals surface area contributed by atoms with Gasteiger partial charge in [-0.05, 0) is 12.0 Å². The molecule has 1 heterocycles. The highest BCUT2D eigenvalue weighted by atomic mass is 16.2. The van der Waals surface area contributed by atoms with Gasteiger partial charge in [0.25, 0.3) is 0 Å². The molecule has 2 heteroatoms. The van der Waals surface area contributed by atoms with E-state index in [4.69, 9.17) is 0 Å². The lowest BCUT2D eigenvalue weighted by atomic mass is 9.95. The molecule has 0 aromatic heterocycles. The van der Waals surface area contributed by atoms with Crippen LogP contribution in [0.1, 0.15) is 12.0 Å². The van der Waals surface area contributed by atoms with Crippen LogP contribution in [0.5, 0.6) is 0 Å². The molecule has 2 aliphatic rings. The number of fused-ring (bicyclic) bond motifs is 1. The average molecular weight is 187 g/mol. The summed E-state index contributed by atoms with van der Waals surface area (Å²) in [7, 11) is 1.90. The Morgan fingerprint density at radius 3 is 2.64 bits per heavy atom. The summed E-state index contributed by atoms with van der Waals surface area (Å²) in [5.41, 5.74) is 1.51. The second-order valence-corrected chi connectivity index (χ2v) is 4.47. The van der Waals surface area contributed by atoms with E-state index in [2.05, 4.69) is 24.3 Å². The molecule has 0 bridgehead atoms. The van der Waals surface area contributed by atoms with Crippen molar-refractivity contribution in [2.24, 2.45) is 5.92 Å². The minimum Gasteiger partial charge on any atom is -0.345 e. The zero-order valence-electron chi connectivity index (χ0n) is 8.23. The lowest BCUT2D eigenvalue weighted by Gasteiger charge is -2.16. The van der Waals surface area contributed by atoms with E-state index in [1.165, 1.54) is 5.56 Å². The first-order chi connectivity index (χ1) is 6.74. The van der Waals surface area contributed by atoms with Crippen LogP contribution in [0.15, 0.2) is 30.3 Å². The molecular formula is C12H13NO. The Labute approximate surface area is 83.5 Å². The highest BCUT2D eigenvalue weighted by Gasteiger charge is 2.65. The van der Waals surface area contributed by atoms with Gasteiger partial charge in [0.2, 0.25) is 5.91 Å². The number of nitrogens with zero attached hydrogens (tertiary/aromatic N) is 1. The minimum atomic E-state index is 0.174. The highest BCUT2D eigenvalue weighted by molar-refractivity contribution is 5.88. The van der Waals surface area contributed by atoms with Crippen molar-refractivity contribution in [2.75, 3.05) is 13.6 Å². The molecule has 1 aliphatic heterocycles. The highest BCUT2D eigenvalue weighted by Crippen LogP contribution is 2.59. The summed E-state index contributed by atoms with van der Waals surface area (Å²) in [4.78, 5) is 13.5. The maximum absolute atomic E-state index is 11.7. The van der Waals surface area contributed by atoms with Gasteiger partial charge in [-0.3, -0.25) is 4.79 Å².